The fourth-order valence-corrected chi connectivity index (χ4v) is 1.26. The van der Waals surface area contributed by atoms with E-state index in [1.807, 2.05) is 20.8 Å². The van der Waals surface area contributed by atoms with Crippen molar-refractivity contribution in [3.63, 3.8) is 0 Å². The molecule has 1 rings (SSSR count). The average Bonchev–Trinajstić information content (AvgIpc) is 2.22. The van der Waals surface area contributed by atoms with Gasteiger partial charge in [-0.15, -0.1) is 0 Å². The van der Waals surface area contributed by atoms with Gasteiger partial charge >= 0.3 is 5.97 Å². The van der Waals surface area contributed by atoms with E-state index in [0.717, 1.165) is 6.07 Å². The maximum absolute atomic E-state index is 13.4. The zero-order valence-corrected chi connectivity index (χ0v) is 10.8. The number of halogens is 1. The number of nitrogens with two attached hydrogens (primary N) is 1. The first-order chi connectivity index (χ1) is 8.29. The molecular weight excluding hydrogens is 237 g/mol. The summed E-state index contributed by atoms with van der Waals surface area (Å²) in [5.74, 6) is -1.40. The Morgan fingerprint density at radius 1 is 1.33 bits per heavy atom. The molecule has 0 aliphatic rings. The number of rotatable bonds is 4. The summed E-state index contributed by atoms with van der Waals surface area (Å²) < 4.78 is 23.7. The molecule has 0 unspecified atom stereocenters. The number of hydrogen-bond acceptors (Lipinski definition) is 4. The SMILES string of the molecule is CC(C)(C)OCCOC(=O)c1ccc(N)cc1F. The minimum atomic E-state index is -0.718. The normalized spacial score (nSPS) is 11.3. The van der Waals surface area contributed by atoms with Crippen LogP contribution in [0.15, 0.2) is 18.2 Å². The summed E-state index contributed by atoms with van der Waals surface area (Å²) in [6.07, 6.45) is 0. The average molecular weight is 255 g/mol. The Bertz CT molecular complexity index is 427. The van der Waals surface area contributed by atoms with Crippen molar-refractivity contribution in [3.05, 3.63) is 29.6 Å². The maximum Gasteiger partial charge on any atom is 0.341 e. The van der Waals surface area contributed by atoms with Crippen LogP contribution in [0.1, 0.15) is 31.1 Å². The molecule has 100 valence electrons. The quantitative estimate of drug-likeness (QED) is 0.510. The van der Waals surface area contributed by atoms with Crippen molar-refractivity contribution in [3.8, 4) is 0 Å². The lowest BCUT2D eigenvalue weighted by Gasteiger charge is -2.19. The number of ether oxygens (including phenoxy) is 2. The molecule has 0 bridgehead atoms. The molecule has 0 fully saturated rings. The van der Waals surface area contributed by atoms with Gasteiger partial charge in [0, 0.05) is 5.69 Å². The molecule has 1 aromatic rings. The lowest BCUT2D eigenvalue weighted by Crippen LogP contribution is -2.22. The van der Waals surface area contributed by atoms with E-state index in [-0.39, 0.29) is 30.1 Å². The van der Waals surface area contributed by atoms with E-state index < -0.39 is 11.8 Å². The van der Waals surface area contributed by atoms with Gasteiger partial charge in [0.1, 0.15) is 12.4 Å². The summed E-state index contributed by atoms with van der Waals surface area (Å²) in [5, 5.41) is 0. The highest BCUT2D eigenvalue weighted by molar-refractivity contribution is 5.90. The molecule has 0 spiro atoms. The van der Waals surface area contributed by atoms with Crippen LogP contribution in [0.5, 0.6) is 0 Å². The summed E-state index contributed by atoms with van der Waals surface area (Å²) in [7, 11) is 0. The minimum Gasteiger partial charge on any atom is -0.460 e. The topological polar surface area (TPSA) is 61.5 Å². The van der Waals surface area contributed by atoms with Gasteiger partial charge in [-0.3, -0.25) is 0 Å². The van der Waals surface area contributed by atoms with E-state index in [0.29, 0.717) is 0 Å². The lowest BCUT2D eigenvalue weighted by molar-refractivity contribution is -0.0282. The van der Waals surface area contributed by atoms with Crippen LogP contribution in [0.25, 0.3) is 0 Å². The van der Waals surface area contributed by atoms with Crippen molar-refractivity contribution in [1.82, 2.24) is 0 Å². The molecule has 0 amide bonds. The summed E-state index contributed by atoms with van der Waals surface area (Å²) in [4.78, 5) is 11.5. The molecule has 0 heterocycles. The van der Waals surface area contributed by atoms with E-state index >= 15 is 0 Å². The maximum atomic E-state index is 13.4. The molecule has 0 aromatic heterocycles. The second-order valence-electron chi connectivity index (χ2n) is 4.84. The van der Waals surface area contributed by atoms with Crippen LogP contribution < -0.4 is 5.73 Å². The molecule has 0 saturated heterocycles. The molecule has 0 radical (unpaired) electrons. The Morgan fingerprint density at radius 3 is 2.56 bits per heavy atom. The van der Waals surface area contributed by atoms with Crippen LogP contribution >= 0.6 is 0 Å². The van der Waals surface area contributed by atoms with E-state index in [9.17, 15) is 9.18 Å². The number of anilines is 1. The first-order valence-electron chi connectivity index (χ1n) is 5.66. The number of carbonyl (C=O) groups is 1. The van der Waals surface area contributed by atoms with Crippen LogP contribution in [-0.2, 0) is 9.47 Å². The predicted octanol–water partition coefficient (Wildman–Crippen LogP) is 2.38. The molecule has 0 aliphatic heterocycles. The third-order valence-corrected chi connectivity index (χ3v) is 2.06. The second-order valence-corrected chi connectivity index (χ2v) is 4.84. The molecule has 0 aliphatic carbocycles. The highest BCUT2D eigenvalue weighted by atomic mass is 19.1. The van der Waals surface area contributed by atoms with E-state index in [4.69, 9.17) is 15.2 Å². The van der Waals surface area contributed by atoms with Crippen LogP contribution in [0, 0.1) is 5.82 Å². The Morgan fingerprint density at radius 2 is 2.00 bits per heavy atom. The van der Waals surface area contributed by atoms with Gasteiger partial charge in [0.15, 0.2) is 0 Å². The Hall–Kier alpha value is -1.62. The smallest absolute Gasteiger partial charge is 0.341 e. The standard InChI is InChI=1S/C13H18FNO3/c1-13(2,3)18-7-6-17-12(16)10-5-4-9(15)8-11(10)14/h4-5,8H,6-7,15H2,1-3H3. The van der Waals surface area contributed by atoms with Crippen molar-refractivity contribution >= 4 is 11.7 Å². The summed E-state index contributed by atoms with van der Waals surface area (Å²) in [6.45, 7) is 6.04. The second kappa shape index (κ2) is 5.82. The molecule has 0 atom stereocenters. The fourth-order valence-electron chi connectivity index (χ4n) is 1.26. The molecule has 5 heteroatoms. The van der Waals surface area contributed by atoms with Crippen molar-refractivity contribution in [1.29, 1.82) is 0 Å². The van der Waals surface area contributed by atoms with Crippen LogP contribution in [0.3, 0.4) is 0 Å². The van der Waals surface area contributed by atoms with Gasteiger partial charge in [-0.1, -0.05) is 0 Å². The Labute approximate surface area is 106 Å². The highest BCUT2D eigenvalue weighted by Crippen LogP contribution is 2.13. The predicted molar refractivity (Wildman–Crippen MR) is 66.8 cm³/mol. The van der Waals surface area contributed by atoms with E-state index in [2.05, 4.69) is 0 Å². The first kappa shape index (κ1) is 14.4. The number of esters is 1. The monoisotopic (exact) mass is 255 g/mol. The third kappa shape index (κ3) is 4.71. The minimum absolute atomic E-state index is 0.0833. The fraction of sp³-hybridized carbons (Fsp3) is 0.462. The molecule has 1 aromatic carbocycles. The summed E-state index contributed by atoms with van der Waals surface area (Å²) >= 11 is 0. The molecule has 0 saturated carbocycles. The van der Waals surface area contributed by atoms with Crippen molar-refractivity contribution in [2.75, 3.05) is 18.9 Å². The largest absolute Gasteiger partial charge is 0.460 e. The number of benzene rings is 1. The van der Waals surface area contributed by atoms with Crippen molar-refractivity contribution < 1.29 is 18.7 Å². The lowest BCUT2D eigenvalue weighted by atomic mass is 10.2. The first-order valence-corrected chi connectivity index (χ1v) is 5.66. The Kier molecular flexibility index (Phi) is 4.67. The van der Waals surface area contributed by atoms with Crippen molar-refractivity contribution in [2.45, 2.75) is 26.4 Å². The molecule has 18 heavy (non-hydrogen) atoms. The van der Waals surface area contributed by atoms with Gasteiger partial charge < -0.3 is 15.2 Å². The zero-order chi connectivity index (χ0) is 13.8. The number of nitrogen functional groups attached to an aromatic ring is 1. The number of carbonyl (C=O) groups excluding carboxylic acids is 1. The zero-order valence-electron chi connectivity index (χ0n) is 10.8. The van der Waals surface area contributed by atoms with Crippen molar-refractivity contribution in [2.24, 2.45) is 0 Å². The third-order valence-electron chi connectivity index (χ3n) is 2.06. The van der Waals surface area contributed by atoms with Gasteiger partial charge in [-0.25, -0.2) is 9.18 Å². The Balaban J connectivity index is 2.46. The summed E-state index contributed by atoms with van der Waals surface area (Å²) in [6, 6.07) is 3.84. The summed E-state index contributed by atoms with van der Waals surface area (Å²) in [5.41, 5.74) is 5.23. The molecule has 4 nitrogen and oxygen atoms in total. The van der Waals surface area contributed by atoms with Gasteiger partial charge in [-0.05, 0) is 39.0 Å². The number of hydrogen-bond donors (Lipinski definition) is 1. The van der Waals surface area contributed by atoms with Crippen LogP contribution in [0.2, 0.25) is 0 Å². The van der Waals surface area contributed by atoms with Crippen LogP contribution in [0.4, 0.5) is 10.1 Å². The van der Waals surface area contributed by atoms with E-state index in [1.165, 1.54) is 12.1 Å². The highest BCUT2D eigenvalue weighted by Gasteiger charge is 2.14. The molecule has 2 N–H and O–H groups in total. The molecular formula is C13H18FNO3. The van der Waals surface area contributed by atoms with Gasteiger partial charge in [0.05, 0.1) is 17.8 Å². The van der Waals surface area contributed by atoms with Gasteiger partial charge in [0.25, 0.3) is 0 Å². The van der Waals surface area contributed by atoms with E-state index in [1.54, 1.807) is 0 Å². The van der Waals surface area contributed by atoms with Gasteiger partial charge in [0.2, 0.25) is 0 Å². The van der Waals surface area contributed by atoms with Crippen LogP contribution in [-0.4, -0.2) is 24.8 Å². The van der Waals surface area contributed by atoms with Gasteiger partial charge in [-0.2, -0.15) is 0 Å².